The molecule has 0 spiro atoms. The molecular weight excluding hydrogens is 282 g/mol. The Labute approximate surface area is 110 Å². The molecule has 1 aromatic rings. The van der Waals surface area contributed by atoms with Crippen LogP contribution in [0.5, 0.6) is 0 Å². The van der Waals surface area contributed by atoms with Crippen molar-refractivity contribution in [2.24, 2.45) is 0 Å². The van der Waals surface area contributed by atoms with Crippen molar-refractivity contribution < 1.29 is 9.90 Å². The zero-order valence-corrected chi connectivity index (χ0v) is 11.4. The Morgan fingerprint density at radius 3 is 2.65 bits per heavy atom. The van der Waals surface area contributed by atoms with Crippen molar-refractivity contribution in [3.63, 3.8) is 0 Å². The quantitative estimate of drug-likeness (QED) is 0.928. The molecule has 1 aliphatic carbocycles. The molecule has 0 saturated heterocycles. The lowest BCUT2D eigenvalue weighted by atomic mass is 10.1. The number of nitrogens with zero attached hydrogens (tertiary/aromatic N) is 1. The van der Waals surface area contributed by atoms with Crippen molar-refractivity contribution in [2.45, 2.75) is 31.7 Å². The SMILES string of the molecule is CN(c1cc(Br)ccc1C(=O)O)C1CCCC1. The first-order valence-corrected chi connectivity index (χ1v) is 6.64. The van der Waals surface area contributed by atoms with E-state index >= 15 is 0 Å². The van der Waals surface area contributed by atoms with E-state index in [0.29, 0.717) is 11.6 Å². The van der Waals surface area contributed by atoms with Gasteiger partial charge in [0.15, 0.2) is 0 Å². The van der Waals surface area contributed by atoms with Gasteiger partial charge >= 0.3 is 5.97 Å². The second-order valence-corrected chi connectivity index (χ2v) is 5.43. The van der Waals surface area contributed by atoms with Gasteiger partial charge in [0.2, 0.25) is 0 Å². The molecule has 92 valence electrons. The van der Waals surface area contributed by atoms with Gasteiger partial charge in [0, 0.05) is 17.6 Å². The third-order valence-corrected chi connectivity index (χ3v) is 3.94. The molecule has 0 atom stereocenters. The van der Waals surface area contributed by atoms with Gasteiger partial charge in [0.25, 0.3) is 0 Å². The van der Waals surface area contributed by atoms with Crippen molar-refractivity contribution >= 4 is 27.6 Å². The third-order valence-electron chi connectivity index (χ3n) is 3.44. The summed E-state index contributed by atoms with van der Waals surface area (Å²) in [7, 11) is 1.99. The molecule has 0 unspecified atom stereocenters. The topological polar surface area (TPSA) is 40.5 Å². The highest BCUT2D eigenvalue weighted by atomic mass is 79.9. The van der Waals surface area contributed by atoms with Gasteiger partial charge in [-0.3, -0.25) is 0 Å². The minimum Gasteiger partial charge on any atom is -0.478 e. The Morgan fingerprint density at radius 2 is 2.06 bits per heavy atom. The molecule has 1 fully saturated rings. The minimum atomic E-state index is -0.864. The van der Waals surface area contributed by atoms with Crippen molar-refractivity contribution in [3.05, 3.63) is 28.2 Å². The van der Waals surface area contributed by atoms with E-state index in [0.717, 1.165) is 23.0 Å². The predicted octanol–water partition coefficient (Wildman–Crippen LogP) is 3.53. The number of halogens is 1. The highest BCUT2D eigenvalue weighted by Gasteiger charge is 2.23. The Morgan fingerprint density at radius 1 is 1.41 bits per heavy atom. The maximum Gasteiger partial charge on any atom is 0.337 e. The zero-order chi connectivity index (χ0) is 12.4. The van der Waals surface area contributed by atoms with Gasteiger partial charge in [0.05, 0.1) is 11.3 Å². The smallest absolute Gasteiger partial charge is 0.337 e. The molecule has 0 aliphatic heterocycles. The molecule has 0 heterocycles. The molecular formula is C13H16BrNO2. The second kappa shape index (κ2) is 5.08. The number of rotatable bonds is 3. The zero-order valence-electron chi connectivity index (χ0n) is 9.82. The summed E-state index contributed by atoms with van der Waals surface area (Å²) in [5.41, 5.74) is 1.18. The molecule has 0 aromatic heterocycles. The fourth-order valence-corrected chi connectivity index (χ4v) is 2.81. The van der Waals surface area contributed by atoms with E-state index in [9.17, 15) is 9.90 Å². The van der Waals surface area contributed by atoms with Crippen molar-refractivity contribution in [3.8, 4) is 0 Å². The molecule has 17 heavy (non-hydrogen) atoms. The first kappa shape index (κ1) is 12.4. The Kier molecular flexibility index (Phi) is 3.72. The van der Waals surface area contributed by atoms with E-state index in [1.54, 1.807) is 12.1 Å². The highest BCUT2D eigenvalue weighted by Crippen LogP contribution is 2.31. The number of anilines is 1. The molecule has 0 bridgehead atoms. The Hall–Kier alpha value is -1.03. The predicted molar refractivity (Wildman–Crippen MR) is 71.8 cm³/mol. The van der Waals surface area contributed by atoms with Crippen LogP contribution in [0.1, 0.15) is 36.0 Å². The summed E-state index contributed by atoms with van der Waals surface area (Å²) in [6.45, 7) is 0. The molecule has 1 N–H and O–H groups in total. The number of benzene rings is 1. The maximum atomic E-state index is 11.2. The Bertz CT molecular complexity index is 427. The number of carbonyl (C=O) groups is 1. The lowest BCUT2D eigenvalue weighted by Gasteiger charge is -2.28. The van der Waals surface area contributed by atoms with Gasteiger partial charge < -0.3 is 10.0 Å². The van der Waals surface area contributed by atoms with Crippen LogP contribution in [-0.4, -0.2) is 24.2 Å². The summed E-state index contributed by atoms with van der Waals surface area (Å²) in [5, 5.41) is 9.21. The van der Waals surface area contributed by atoms with Crippen molar-refractivity contribution in [2.75, 3.05) is 11.9 Å². The second-order valence-electron chi connectivity index (χ2n) is 4.52. The lowest BCUT2D eigenvalue weighted by Crippen LogP contribution is -2.30. The average molecular weight is 298 g/mol. The summed E-state index contributed by atoms with van der Waals surface area (Å²) in [6, 6.07) is 5.80. The fourth-order valence-electron chi connectivity index (χ4n) is 2.47. The van der Waals surface area contributed by atoms with E-state index < -0.39 is 5.97 Å². The van der Waals surface area contributed by atoms with Crippen LogP contribution in [0.3, 0.4) is 0 Å². The summed E-state index contributed by atoms with van der Waals surface area (Å²) in [4.78, 5) is 13.3. The third kappa shape index (κ3) is 2.63. The molecule has 1 saturated carbocycles. The molecule has 1 aromatic carbocycles. The molecule has 1 aliphatic rings. The number of aromatic carboxylic acids is 1. The van der Waals surface area contributed by atoms with Crippen LogP contribution in [0.25, 0.3) is 0 Å². The summed E-state index contributed by atoms with van der Waals surface area (Å²) in [5.74, 6) is -0.864. The van der Waals surface area contributed by atoms with E-state index in [2.05, 4.69) is 20.8 Å². The van der Waals surface area contributed by atoms with Gasteiger partial charge in [-0.15, -0.1) is 0 Å². The first-order valence-electron chi connectivity index (χ1n) is 5.85. The molecule has 3 nitrogen and oxygen atoms in total. The van der Waals surface area contributed by atoms with Crippen LogP contribution >= 0.6 is 15.9 Å². The minimum absolute atomic E-state index is 0.377. The number of carboxylic acids is 1. The maximum absolute atomic E-state index is 11.2. The van der Waals surface area contributed by atoms with Crippen molar-refractivity contribution in [1.29, 1.82) is 0 Å². The molecule has 0 radical (unpaired) electrons. The lowest BCUT2D eigenvalue weighted by molar-refractivity contribution is 0.0697. The van der Waals surface area contributed by atoms with Crippen molar-refractivity contribution in [1.82, 2.24) is 0 Å². The summed E-state index contributed by atoms with van der Waals surface area (Å²) >= 11 is 3.40. The number of carboxylic acid groups (broad SMARTS) is 1. The van der Waals surface area contributed by atoms with Crippen LogP contribution in [0.4, 0.5) is 5.69 Å². The van der Waals surface area contributed by atoms with Gasteiger partial charge in [-0.1, -0.05) is 28.8 Å². The van der Waals surface area contributed by atoms with E-state index in [4.69, 9.17) is 0 Å². The van der Waals surface area contributed by atoms with Crippen LogP contribution < -0.4 is 4.90 Å². The van der Waals surface area contributed by atoms with Gasteiger partial charge in [-0.25, -0.2) is 4.79 Å². The van der Waals surface area contributed by atoms with E-state index in [1.807, 2.05) is 13.1 Å². The van der Waals surface area contributed by atoms with E-state index in [-0.39, 0.29) is 0 Å². The number of hydrogen-bond donors (Lipinski definition) is 1. The summed E-state index contributed by atoms with van der Waals surface area (Å²) in [6.07, 6.45) is 4.79. The number of hydrogen-bond acceptors (Lipinski definition) is 2. The van der Waals surface area contributed by atoms with Gasteiger partial charge in [0.1, 0.15) is 0 Å². The first-order chi connectivity index (χ1) is 8.09. The highest BCUT2D eigenvalue weighted by molar-refractivity contribution is 9.10. The monoisotopic (exact) mass is 297 g/mol. The van der Waals surface area contributed by atoms with Gasteiger partial charge in [-0.2, -0.15) is 0 Å². The van der Waals surface area contributed by atoms with Crippen LogP contribution in [0.15, 0.2) is 22.7 Å². The molecule has 2 rings (SSSR count). The van der Waals surface area contributed by atoms with E-state index in [1.165, 1.54) is 12.8 Å². The average Bonchev–Trinajstić information content (AvgIpc) is 2.80. The van der Waals surface area contributed by atoms with Crippen LogP contribution in [0, 0.1) is 0 Å². The Balaban J connectivity index is 2.34. The van der Waals surface area contributed by atoms with Crippen LogP contribution in [-0.2, 0) is 0 Å². The fraction of sp³-hybridized carbons (Fsp3) is 0.462. The molecule has 0 amide bonds. The standard InChI is InChI=1S/C13H16BrNO2/c1-15(10-4-2-3-5-10)12-8-9(14)6-7-11(12)13(16)17/h6-8,10H,2-5H2,1H3,(H,16,17). The van der Waals surface area contributed by atoms with Crippen LogP contribution in [0.2, 0.25) is 0 Å². The largest absolute Gasteiger partial charge is 0.478 e. The normalized spacial score (nSPS) is 16.1. The summed E-state index contributed by atoms with van der Waals surface area (Å²) < 4.78 is 0.919. The van der Waals surface area contributed by atoms with Gasteiger partial charge in [-0.05, 0) is 31.0 Å². The molecule has 4 heteroatoms.